The maximum atomic E-state index is 12.3. The van der Waals surface area contributed by atoms with Gasteiger partial charge in [-0.3, -0.25) is 0 Å². The maximum Gasteiger partial charge on any atom is 0.471 e. The molecule has 4 nitrogen and oxygen atoms in total. The van der Waals surface area contributed by atoms with Crippen molar-refractivity contribution < 1.29 is 17.7 Å². The molecule has 1 aliphatic rings. The lowest BCUT2D eigenvalue weighted by Crippen LogP contribution is -2.39. The van der Waals surface area contributed by atoms with E-state index < -0.39 is 12.1 Å². The SMILES string of the molecule is Cl.FC(F)(F)c1nc(-c2ccc(C3CNC3)cc2)no1. The lowest BCUT2D eigenvalue weighted by Gasteiger charge is -2.27. The van der Waals surface area contributed by atoms with E-state index in [0.717, 1.165) is 18.7 Å². The summed E-state index contributed by atoms with van der Waals surface area (Å²) in [6, 6.07) is 7.17. The molecule has 0 radical (unpaired) electrons. The van der Waals surface area contributed by atoms with Gasteiger partial charge in [-0.05, 0) is 5.56 Å². The van der Waals surface area contributed by atoms with Crippen molar-refractivity contribution in [2.24, 2.45) is 0 Å². The first-order valence-corrected chi connectivity index (χ1v) is 5.76. The zero-order valence-electron chi connectivity index (χ0n) is 10.1. The zero-order valence-corrected chi connectivity index (χ0v) is 11.0. The molecule has 2 aromatic rings. The number of hydrogen-bond donors (Lipinski definition) is 1. The third-order valence-corrected chi connectivity index (χ3v) is 3.09. The van der Waals surface area contributed by atoms with Gasteiger partial charge in [0.2, 0.25) is 5.82 Å². The molecule has 108 valence electrons. The van der Waals surface area contributed by atoms with Crippen LogP contribution in [-0.4, -0.2) is 23.2 Å². The number of benzene rings is 1. The minimum atomic E-state index is -4.61. The van der Waals surface area contributed by atoms with Gasteiger partial charge in [0.1, 0.15) is 0 Å². The Labute approximate surface area is 118 Å². The molecule has 3 rings (SSSR count). The van der Waals surface area contributed by atoms with E-state index in [4.69, 9.17) is 0 Å². The normalized spacial score (nSPS) is 15.6. The Balaban J connectivity index is 0.00000147. The maximum absolute atomic E-state index is 12.3. The molecule has 1 fully saturated rings. The van der Waals surface area contributed by atoms with E-state index in [1.54, 1.807) is 12.1 Å². The summed E-state index contributed by atoms with van der Waals surface area (Å²) in [5.74, 6) is -0.898. The molecule has 20 heavy (non-hydrogen) atoms. The zero-order chi connectivity index (χ0) is 13.5. The predicted octanol–water partition coefficient (Wildman–Crippen LogP) is 2.86. The minimum absolute atomic E-state index is 0. The summed E-state index contributed by atoms with van der Waals surface area (Å²) in [5.41, 5.74) is 1.66. The Kier molecular flexibility index (Phi) is 4.01. The second-order valence-corrected chi connectivity index (χ2v) is 4.40. The van der Waals surface area contributed by atoms with Crippen LogP contribution in [-0.2, 0) is 6.18 Å². The molecule has 1 aliphatic heterocycles. The molecule has 0 aliphatic carbocycles. The van der Waals surface area contributed by atoms with Gasteiger partial charge in [-0.1, -0.05) is 29.4 Å². The summed E-state index contributed by atoms with van der Waals surface area (Å²) in [6.07, 6.45) is -4.61. The van der Waals surface area contributed by atoms with Crippen LogP contribution in [0.2, 0.25) is 0 Å². The van der Waals surface area contributed by atoms with Crippen molar-refractivity contribution >= 4 is 12.4 Å². The topological polar surface area (TPSA) is 51.0 Å². The Hall–Kier alpha value is -1.60. The standard InChI is InChI=1S/C12H10F3N3O.ClH/c13-12(14,15)11-17-10(18-19-11)8-3-1-7(2-4-8)9-5-16-6-9;/h1-4,9,16H,5-6H2;1H. The van der Waals surface area contributed by atoms with Gasteiger partial charge < -0.3 is 9.84 Å². The van der Waals surface area contributed by atoms with Gasteiger partial charge >= 0.3 is 12.1 Å². The molecule has 0 unspecified atom stereocenters. The second kappa shape index (κ2) is 5.41. The van der Waals surface area contributed by atoms with Crippen molar-refractivity contribution in [2.75, 3.05) is 13.1 Å². The molecule has 1 saturated heterocycles. The van der Waals surface area contributed by atoms with E-state index in [-0.39, 0.29) is 18.2 Å². The van der Waals surface area contributed by atoms with Crippen molar-refractivity contribution in [3.05, 3.63) is 35.7 Å². The van der Waals surface area contributed by atoms with Crippen LogP contribution in [0.5, 0.6) is 0 Å². The number of rotatable bonds is 2. The number of hydrogen-bond acceptors (Lipinski definition) is 4. The van der Waals surface area contributed by atoms with E-state index in [9.17, 15) is 13.2 Å². The Morgan fingerprint density at radius 3 is 2.25 bits per heavy atom. The Morgan fingerprint density at radius 2 is 1.80 bits per heavy atom. The summed E-state index contributed by atoms with van der Waals surface area (Å²) in [4.78, 5) is 3.35. The highest BCUT2D eigenvalue weighted by Crippen LogP contribution is 2.30. The number of nitrogens with one attached hydrogen (secondary N) is 1. The first kappa shape index (κ1) is 14.8. The van der Waals surface area contributed by atoms with Crippen LogP contribution in [0, 0.1) is 0 Å². The van der Waals surface area contributed by atoms with Crippen molar-refractivity contribution in [2.45, 2.75) is 12.1 Å². The largest absolute Gasteiger partial charge is 0.471 e. The van der Waals surface area contributed by atoms with Crippen LogP contribution in [0.3, 0.4) is 0 Å². The molecule has 0 saturated carbocycles. The van der Waals surface area contributed by atoms with E-state index in [2.05, 4.69) is 20.0 Å². The van der Waals surface area contributed by atoms with Crippen LogP contribution in [0.25, 0.3) is 11.4 Å². The van der Waals surface area contributed by atoms with Crippen LogP contribution in [0.4, 0.5) is 13.2 Å². The van der Waals surface area contributed by atoms with Crippen molar-refractivity contribution in [3.63, 3.8) is 0 Å². The van der Waals surface area contributed by atoms with Crippen LogP contribution in [0.15, 0.2) is 28.8 Å². The minimum Gasteiger partial charge on any atom is -0.329 e. The van der Waals surface area contributed by atoms with Gasteiger partial charge in [-0.25, -0.2) is 0 Å². The van der Waals surface area contributed by atoms with E-state index in [1.165, 1.54) is 0 Å². The molecule has 0 atom stereocenters. The molecule has 1 aromatic heterocycles. The summed E-state index contributed by atoms with van der Waals surface area (Å²) in [6.45, 7) is 1.86. The van der Waals surface area contributed by atoms with E-state index in [1.807, 2.05) is 12.1 Å². The quantitative estimate of drug-likeness (QED) is 0.927. The lowest BCUT2D eigenvalue weighted by atomic mass is 9.93. The highest BCUT2D eigenvalue weighted by atomic mass is 35.5. The molecule has 8 heteroatoms. The van der Waals surface area contributed by atoms with E-state index in [0.29, 0.717) is 11.5 Å². The summed E-state index contributed by atoms with van der Waals surface area (Å²) in [7, 11) is 0. The van der Waals surface area contributed by atoms with Crippen molar-refractivity contribution in [1.29, 1.82) is 0 Å². The van der Waals surface area contributed by atoms with Crippen molar-refractivity contribution in [3.8, 4) is 11.4 Å². The van der Waals surface area contributed by atoms with E-state index >= 15 is 0 Å². The molecule has 0 amide bonds. The van der Waals surface area contributed by atoms with Gasteiger partial charge in [-0.15, -0.1) is 12.4 Å². The average Bonchev–Trinajstić information content (AvgIpc) is 2.76. The molecule has 1 aromatic carbocycles. The molecule has 0 bridgehead atoms. The predicted molar refractivity (Wildman–Crippen MR) is 67.6 cm³/mol. The molecular formula is C12H11ClF3N3O. The highest BCUT2D eigenvalue weighted by Gasteiger charge is 2.38. The van der Waals surface area contributed by atoms with Gasteiger partial charge in [-0.2, -0.15) is 18.2 Å². The number of nitrogens with zero attached hydrogens (tertiary/aromatic N) is 2. The van der Waals surface area contributed by atoms with Gasteiger partial charge in [0.05, 0.1) is 0 Å². The van der Waals surface area contributed by atoms with Crippen molar-refractivity contribution in [1.82, 2.24) is 15.5 Å². The highest BCUT2D eigenvalue weighted by molar-refractivity contribution is 5.85. The fraction of sp³-hybridized carbons (Fsp3) is 0.333. The first-order valence-electron chi connectivity index (χ1n) is 5.76. The van der Waals surface area contributed by atoms with Gasteiger partial charge in [0.15, 0.2) is 0 Å². The molecule has 2 heterocycles. The fourth-order valence-electron chi connectivity index (χ4n) is 1.88. The number of halogens is 4. The molecule has 0 spiro atoms. The molecular weight excluding hydrogens is 295 g/mol. The third-order valence-electron chi connectivity index (χ3n) is 3.09. The smallest absolute Gasteiger partial charge is 0.329 e. The second-order valence-electron chi connectivity index (χ2n) is 4.40. The number of aromatic nitrogens is 2. The average molecular weight is 306 g/mol. The summed E-state index contributed by atoms with van der Waals surface area (Å²) in [5, 5.41) is 6.50. The summed E-state index contributed by atoms with van der Waals surface area (Å²) >= 11 is 0. The third kappa shape index (κ3) is 2.78. The fourth-order valence-corrected chi connectivity index (χ4v) is 1.88. The Morgan fingerprint density at radius 1 is 1.15 bits per heavy atom. The van der Waals surface area contributed by atoms with Crippen LogP contribution in [0.1, 0.15) is 17.4 Å². The van der Waals surface area contributed by atoms with Crippen LogP contribution >= 0.6 is 12.4 Å². The monoisotopic (exact) mass is 305 g/mol. The van der Waals surface area contributed by atoms with Gasteiger partial charge in [0, 0.05) is 24.6 Å². The lowest BCUT2D eigenvalue weighted by molar-refractivity contribution is -0.159. The first-order chi connectivity index (χ1) is 9.04. The van der Waals surface area contributed by atoms with Gasteiger partial charge in [0.25, 0.3) is 0 Å². The Bertz CT molecular complexity index is 578. The van der Waals surface area contributed by atoms with Crippen LogP contribution < -0.4 is 5.32 Å². The number of alkyl halides is 3. The molecule has 1 N–H and O–H groups in total. The summed E-state index contributed by atoms with van der Waals surface area (Å²) < 4.78 is 41.2.